The quantitative estimate of drug-likeness (QED) is 0.629. The van der Waals surface area contributed by atoms with Crippen LogP contribution in [0.15, 0.2) is 0 Å². The lowest BCUT2D eigenvalue weighted by molar-refractivity contribution is -0.126. The summed E-state index contributed by atoms with van der Waals surface area (Å²) in [5.41, 5.74) is -2.33. The second-order valence-electron chi connectivity index (χ2n) is 2.00. The van der Waals surface area contributed by atoms with E-state index < -0.39 is 22.6 Å². The van der Waals surface area contributed by atoms with Crippen molar-refractivity contribution in [3.63, 3.8) is 0 Å². The molecule has 0 saturated heterocycles. The first-order valence-corrected chi connectivity index (χ1v) is 3.19. The van der Waals surface area contributed by atoms with E-state index in [4.69, 9.17) is 23.2 Å². The minimum absolute atomic E-state index is 0.684. The SMILES string of the molecule is CC(F)(CC(=O)Cl)C(=O)Cl. The molecule has 0 saturated carbocycles. The molecule has 0 fully saturated rings. The van der Waals surface area contributed by atoms with E-state index in [0.29, 0.717) is 0 Å². The summed E-state index contributed by atoms with van der Waals surface area (Å²) >= 11 is 9.61. The molecule has 2 nitrogen and oxygen atoms in total. The summed E-state index contributed by atoms with van der Waals surface area (Å²) in [6.07, 6.45) is -0.684. The Morgan fingerprint density at radius 2 is 1.90 bits per heavy atom. The highest BCUT2D eigenvalue weighted by Crippen LogP contribution is 2.19. The Bertz CT molecular complexity index is 167. The molecule has 5 heteroatoms. The maximum Gasteiger partial charge on any atom is 0.259 e. The number of alkyl halides is 1. The van der Waals surface area contributed by atoms with Crippen molar-refractivity contribution >= 4 is 33.7 Å². The topological polar surface area (TPSA) is 34.1 Å². The standard InChI is InChI=1S/C5H5Cl2FO2/c1-5(8,4(7)10)2-3(6)9/h2H2,1H3. The molecule has 0 aromatic heterocycles. The lowest BCUT2D eigenvalue weighted by atomic mass is 10.1. The van der Waals surface area contributed by atoms with E-state index in [-0.39, 0.29) is 0 Å². The van der Waals surface area contributed by atoms with Gasteiger partial charge >= 0.3 is 0 Å². The van der Waals surface area contributed by atoms with Crippen molar-refractivity contribution in [2.75, 3.05) is 0 Å². The van der Waals surface area contributed by atoms with Crippen LogP contribution in [0.3, 0.4) is 0 Å². The molecule has 58 valence electrons. The van der Waals surface area contributed by atoms with Gasteiger partial charge < -0.3 is 0 Å². The van der Waals surface area contributed by atoms with Crippen LogP contribution in [0.25, 0.3) is 0 Å². The van der Waals surface area contributed by atoms with Crippen molar-refractivity contribution < 1.29 is 14.0 Å². The molecule has 0 bridgehead atoms. The molecular weight excluding hydrogens is 182 g/mol. The van der Waals surface area contributed by atoms with Crippen molar-refractivity contribution in [3.8, 4) is 0 Å². The highest BCUT2D eigenvalue weighted by atomic mass is 35.5. The highest BCUT2D eigenvalue weighted by Gasteiger charge is 2.33. The van der Waals surface area contributed by atoms with Gasteiger partial charge in [0.25, 0.3) is 5.24 Å². The molecule has 1 unspecified atom stereocenters. The molecule has 0 radical (unpaired) electrons. The van der Waals surface area contributed by atoms with E-state index in [0.717, 1.165) is 6.92 Å². The van der Waals surface area contributed by atoms with Gasteiger partial charge in [-0.1, -0.05) is 0 Å². The van der Waals surface area contributed by atoms with Crippen LogP contribution in [-0.4, -0.2) is 16.2 Å². The number of hydrogen-bond donors (Lipinski definition) is 0. The molecule has 0 aromatic rings. The molecule has 0 rings (SSSR count). The van der Waals surface area contributed by atoms with Crippen LogP contribution in [0, 0.1) is 0 Å². The maximum atomic E-state index is 12.7. The van der Waals surface area contributed by atoms with Gasteiger partial charge in [-0.15, -0.1) is 0 Å². The summed E-state index contributed by atoms with van der Waals surface area (Å²) in [4.78, 5) is 20.3. The second-order valence-corrected chi connectivity index (χ2v) is 2.77. The first kappa shape index (κ1) is 9.85. The van der Waals surface area contributed by atoms with E-state index in [1.165, 1.54) is 0 Å². The number of hydrogen-bond acceptors (Lipinski definition) is 2. The third kappa shape index (κ3) is 3.13. The molecule has 0 N–H and O–H groups in total. The lowest BCUT2D eigenvalue weighted by Gasteiger charge is -2.10. The number of carbonyl (C=O) groups excluding carboxylic acids is 2. The number of carbonyl (C=O) groups is 2. The van der Waals surface area contributed by atoms with Crippen LogP contribution in [0.4, 0.5) is 4.39 Å². The Hall–Kier alpha value is -0.150. The van der Waals surface area contributed by atoms with Crippen LogP contribution < -0.4 is 0 Å². The fourth-order valence-electron chi connectivity index (χ4n) is 0.330. The van der Waals surface area contributed by atoms with Crippen molar-refractivity contribution in [3.05, 3.63) is 0 Å². The zero-order chi connectivity index (χ0) is 8.36. The first-order valence-electron chi connectivity index (χ1n) is 2.43. The molecule has 0 aliphatic carbocycles. The second kappa shape index (κ2) is 3.30. The van der Waals surface area contributed by atoms with E-state index in [1.54, 1.807) is 0 Å². The van der Waals surface area contributed by atoms with Crippen LogP contribution in [-0.2, 0) is 9.59 Å². The minimum Gasteiger partial charge on any atom is -0.281 e. The zero-order valence-electron chi connectivity index (χ0n) is 5.16. The molecule has 10 heavy (non-hydrogen) atoms. The maximum absolute atomic E-state index is 12.7. The van der Waals surface area contributed by atoms with Crippen molar-refractivity contribution in [1.82, 2.24) is 0 Å². The molecule has 0 aliphatic rings. The van der Waals surface area contributed by atoms with Gasteiger partial charge in [-0.05, 0) is 30.1 Å². The average molecular weight is 187 g/mol. The minimum atomic E-state index is -2.33. The molecule has 1 atom stereocenters. The van der Waals surface area contributed by atoms with E-state index >= 15 is 0 Å². The third-order valence-electron chi connectivity index (χ3n) is 0.881. The van der Waals surface area contributed by atoms with E-state index in [1.807, 2.05) is 0 Å². The van der Waals surface area contributed by atoms with Gasteiger partial charge in [-0.2, -0.15) is 0 Å². The molecule has 0 heterocycles. The van der Waals surface area contributed by atoms with Crippen LogP contribution in [0.1, 0.15) is 13.3 Å². The lowest BCUT2D eigenvalue weighted by Crippen LogP contribution is -2.27. The van der Waals surface area contributed by atoms with Gasteiger partial charge in [-0.25, -0.2) is 4.39 Å². The molecule has 0 aliphatic heterocycles. The normalized spacial score (nSPS) is 16.0. The number of rotatable bonds is 3. The Morgan fingerprint density at radius 1 is 1.50 bits per heavy atom. The monoisotopic (exact) mass is 186 g/mol. The summed E-state index contributed by atoms with van der Waals surface area (Å²) in [5.74, 6) is 0. The van der Waals surface area contributed by atoms with Gasteiger partial charge in [0.15, 0.2) is 5.67 Å². The summed E-state index contributed by atoms with van der Waals surface area (Å²) < 4.78 is 12.7. The van der Waals surface area contributed by atoms with Crippen LogP contribution >= 0.6 is 23.2 Å². The first-order chi connectivity index (χ1) is 4.36. The number of halogens is 3. The van der Waals surface area contributed by atoms with E-state index in [9.17, 15) is 14.0 Å². The van der Waals surface area contributed by atoms with Crippen LogP contribution in [0.5, 0.6) is 0 Å². The Kier molecular flexibility index (Phi) is 3.25. The average Bonchev–Trinajstić information content (AvgIpc) is 1.60. The molecule has 0 aromatic carbocycles. The van der Waals surface area contributed by atoms with Gasteiger partial charge in [-0.3, -0.25) is 9.59 Å². The summed E-state index contributed by atoms with van der Waals surface area (Å²) in [5, 5.41) is -2.12. The van der Waals surface area contributed by atoms with Gasteiger partial charge in [0.1, 0.15) is 0 Å². The molecule has 0 amide bonds. The zero-order valence-corrected chi connectivity index (χ0v) is 6.67. The van der Waals surface area contributed by atoms with Gasteiger partial charge in [0.05, 0.1) is 6.42 Å². The third-order valence-corrected chi connectivity index (χ3v) is 1.41. The largest absolute Gasteiger partial charge is 0.281 e. The molecular formula is C5H5Cl2FO2. The van der Waals surface area contributed by atoms with Crippen molar-refractivity contribution in [1.29, 1.82) is 0 Å². The van der Waals surface area contributed by atoms with Gasteiger partial charge in [0.2, 0.25) is 5.24 Å². The predicted octanol–water partition coefficient (Wildman–Crippen LogP) is 1.64. The molecule has 0 spiro atoms. The summed E-state index contributed by atoms with van der Waals surface area (Å²) in [7, 11) is 0. The van der Waals surface area contributed by atoms with Crippen molar-refractivity contribution in [2.45, 2.75) is 19.0 Å². The summed E-state index contributed by atoms with van der Waals surface area (Å²) in [6.45, 7) is 0.905. The highest BCUT2D eigenvalue weighted by molar-refractivity contribution is 6.67. The van der Waals surface area contributed by atoms with E-state index in [2.05, 4.69) is 0 Å². The summed E-state index contributed by atoms with van der Waals surface area (Å²) in [6, 6.07) is 0. The Balaban J connectivity index is 4.13. The Morgan fingerprint density at radius 3 is 2.00 bits per heavy atom. The Labute approximate surface area is 67.3 Å². The van der Waals surface area contributed by atoms with Gasteiger partial charge in [0, 0.05) is 0 Å². The fraction of sp³-hybridized carbons (Fsp3) is 0.600. The predicted molar refractivity (Wildman–Crippen MR) is 35.9 cm³/mol. The smallest absolute Gasteiger partial charge is 0.259 e. The van der Waals surface area contributed by atoms with Crippen molar-refractivity contribution in [2.24, 2.45) is 0 Å². The fourth-order valence-corrected chi connectivity index (χ4v) is 0.648. The van der Waals surface area contributed by atoms with Crippen LogP contribution in [0.2, 0.25) is 0 Å².